The predicted molar refractivity (Wildman–Crippen MR) is 61.3 cm³/mol. The Balaban J connectivity index is 2.48. The molecule has 0 unspecified atom stereocenters. The fourth-order valence-electron chi connectivity index (χ4n) is 1.38. The SMILES string of the molecule is COC(=O)c1nc(-c2cccnc2)ncc1C. The number of pyridine rings is 1. The summed E-state index contributed by atoms with van der Waals surface area (Å²) >= 11 is 0. The van der Waals surface area contributed by atoms with Crippen LogP contribution in [-0.4, -0.2) is 28.0 Å². The van der Waals surface area contributed by atoms with Gasteiger partial charge in [0.1, 0.15) is 0 Å². The van der Waals surface area contributed by atoms with E-state index in [2.05, 4.69) is 19.7 Å². The van der Waals surface area contributed by atoms with E-state index in [-0.39, 0.29) is 5.69 Å². The number of methoxy groups -OCH3 is 1. The van der Waals surface area contributed by atoms with Gasteiger partial charge in [0.05, 0.1) is 7.11 Å². The molecule has 0 atom stereocenters. The van der Waals surface area contributed by atoms with Crippen LogP contribution >= 0.6 is 0 Å². The van der Waals surface area contributed by atoms with Gasteiger partial charge in [0, 0.05) is 29.7 Å². The summed E-state index contributed by atoms with van der Waals surface area (Å²) in [7, 11) is 1.33. The van der Waals surface area contributed by atoms with Gasteiger partial charge in [0.25, 0.3) is 0 Å². The van der Waals surface area contributed by atoms with E-state index in [0.29, 0.717) is 11.4 Å². The molecule has 0 saturated carbocycles. The monoisotopic (exact) mass is 229 g/mol. The van der Waals surface area contributed by atoms with Gasteiger partial charge >= 0.3 is 5.97 Å². The van der Waals surface area contributed by atoms with Crippen LogP contribution in [-0.2, 0) is 4.74 Å². The number of hydrogen-bond acceptors (Lipinski definition) is 5. The van der Waals surface area contributed by atoms with Crippen molar-refractivity contribution in [2.24, 2.45) is 0 Å². The van der Waals surface area contributed by atoms with Crippen molar-refractivity contribution in [3.8, 4) is 11.4 Å². The molecule has 2 aromatic rings. The van der Waals surface area contributed by atoms with Gasteiger partial charge in [-0.2, -0.15) is 0 Å². The van der Waals surface area contributed by atoms with E-state index in [1.807, 2.05) is 6.07 Å². The molecule has 2 rings (SSSR count). The van der Waals surface area contributed by atoms with Gasteiger partial charge in [0.2, 0.25) is 0 Å². The van der Waals surface area contributed by atoms with Gasteiger partial charge in [-0.25, -0.2) is 14.8 Å². The third kappa shape index (κ3) is 2.28. The molecule has 2 heterocycles. The van der Waals surface area contributed by atoms with Crippen LogP contribution in [0.1, 0.15) is 16.1 Å². The molecule has 5 nitrogen and oxygen atoms in total. The first-order valence-electron chi connectivity index (χ1n) is 5.04. The second kappa shape index (κ2) is 4.69. The van der Waals surface area contributed by atoms with E-state index in [0.717, 1.165) is 5.56 Å². The standard InChI is InChI=1S/C12H11N3O2/c1-8-6-14-11(9-4-3-5-13-7-9)15-10(8)12(16)17-2/h3-7H,1-2H3. The minimum absolute atomic E-state index is 0.279. The van der Waals surface area contributed by atoms with E-state index in [1.54, 1.807) is 31.6 Å². The molecule has 0 spiro atoms. The molecular formula is C12H11N3O2. The van der Waals surface area contributed by atoms with Crippen molar-refractivity contribution in [3.05, 3.63) is 42.0 Å². The van der Waals surface area contributed by atoms with Gasteiger partial charge < -0.3 is 4.74 Å². The molecule has 0 fully saturated rings. The van der Waals surface area contributed by atoms with Gasteiger partial charge in [0.15, 0.2) is 11.5 Å². The zero-order chi connectivity index (χ0) is 12.3. The summed E-state index contributed by atoms with van der Waals surface area (Å²) < 4.78 is 4.66. The van der Waals surface area contributed by atoms with Crippen LogP contribution in [0, 0.1) is 6.92 Å². The highest BCUT2D eigenvalue weighted by Gasteiger charge is 2.13. The van der Waals surface area contributed by atoms with Crippen molar-refractivity contribution in [3.63, 3.8) is 0 Å². The number of esters is 1. The smallest absolute Gasteiger partial charge is 0.357 e. The summed E-state index contributed by atoms with van der Waals surface area (Å²) in [5.74, 6) is -0.000796. The molecule has 0 amide bonds. The first kappa shape index (κ1) is 11.2. The number of aryl methyl sites for hydroxylation is 1. The maximum atomic E-state index is 11.5. The van der Waals surface area contributed by atoms with Gasteiger partial charge in [-0.15, -0.1) is 0 Å². The van der Waals surface area contributed by atoms with Crippen molar-refractivity contribution in [2.45, 2.75) is 6.92 Å². The summed E-state index contributed by atoms with van der Waals surface area (Å²) in [5.41, 5.74) is 1.73. The summed E-state index contributed by atoms with van der Waals surface area (Å²) in [4.78, 5) is 23.8. The maximum Gasteiger partial charge on any atom is 0.357 e. The fraction of sp³-hybridized carbons (Fsp3) is 0.167. The van der Waals surface area contributed by atoms with Crippen LogP contribution in [0.4, 0.5) is 0 Å². The Labute approximate surface area is 98.5 Å². The van der Waals surface area contributed by atoms with E-state index < -0.39 is 5.97 Å². The van der Waals surface area contributed by atoms with Crippen molar-refractivity contribution < 1.29 is 9.53 Å². The fourth-order valence-corrected chi connectivity index (χ4v) is 1.38. The molecule has 0 radical (unpaired) electrons. The second-order valence-corrected chi connectivity index (χ2v) is 3.46. The number of carbonyl (C=O) groups is 1. The summed E-state index contributed by atoms with van der Waals surface area (Å²) in [6, 6.07) is 3.62. The molecule has 5 heteroatoms. The van der Waals surface area contributed by atoms with Crippen molar-refractivity contribution in [1.29, 1.82) is 0 Å². The zero-order valence-electron chi connectivity index (χ0n) is 9.54. The highest BCUT2D eigenvalue weighted by Crippen LogP contribution is 2.15. The number of ether oxygens (including phenoxy) is 1. The molecule has 0 aliphatic carbocycles. The second-order valence-electron chi connectivity index (χ2n) is 3.46. The Hall–Kier alpha value is -2.30. The Morgan fingerprint density at radius 3 is 2.82 bits per heavy atom. The first-order valence-corrected chi connectivity index (χ1v) is 5.04. The average Bonchev–Trinajstić information content (AvgIpc) is 2.39. The highest BCUT2D eigenvalue weighted by molar-refractivity contribution is 5.89. The highest BCUT2D eigenvalue weighted by atomic mass is 16.5. The Bertz CT molecular complexity index is 541. The van der Waals surface area contributed by atoms with Gasteiger partial charge in [-0.3, -0.25) is 4.98 Å². The number of carbonyl (C=O) groups excluding carboxylic acids is 1. The maximum absolute atomic E-state index is 11.5. The minimum atomic E-state index is -0.463. The van der Waals surface area contributed by atoms with Crippen LogP contribution in [0.5, 0.6) is 0 Å². The topological polar surface area (TPSA) is 65.0 Å². The van der Waals surface area contributed by atoms with Crippen molar-refractivity contribution in [2.75, 3.05) is 7.11 Å². The Morgan fingerprint density at radius 2 is 2.18 bits per heavy atom. The quantitative estimate of drug-likeness (QED) is 0.732. The molecule has 0 aliphatic heterocycles. The van der Waals surface area contributed by atoms with Gasteiger partial charge in [-0.1, -0.05) is 0 Å². The molecule has 0 N–H and O–H groups in total. The van der Waals surface area contributed by atoms with E-state index in [4.69, 9.17) is 0 Å². The van der Waals surface area contributed by atoms with Crippen LogP contribution in [0.15, 0.2) is 30.7 Å². The lowest BCUT2D eigenvalue weighted by Gasteiger charge is -2.05. The number of aromatic nitrogens is 3. The van der Waals surface area contributed by atoms with E-state index in [9.17, 15) is 4.79 Å². The minimum Gasteiger partial charge on any atom is -0.464 e. The lowest BCUT2D eigenvalue weighted by molar-refractivity contribution is 0.0593. The summed E-state index contributed by atoms with van der Waals surface area (Å²) in [5, 5.41) is 0. The zero-order valence-corrected chi connectivity index (χ0v) is 9.54. The predicted octanol–water partition coefficient (Wildman–Crippen LogP) is 1.63. The normalized spacial score (nSPS) is 10.0. The largest absolute Gasteiger partial charge is 0.464 e. The van der Waals surface area contributed by atoms with Crippen LogP contribution in [0.25, 0.3) is 11.4 Å². The van der Waals surface area contributed by atoms with Gasteiger partial charge in [-0.05, 0) is 19.1 Å². The molecule has 86 valence electrons. The van der Waals surface area contributed by atoms with Crippen molar-refractivity contribution in [1.82, 2.24) is 15.0 Å². The molecule has 0 saturated heterocycles. The molecule has 0 bridgehead atoms. The lowest BCUT2D eigenvalue weighted by Crippen LogP contribution is -2.08. The molecule has 0 aliphatic rings. The molecule has 0 aromatic carbocycles. The van der Waals surface area contributed by atoms with Crippen LogP contribution < -0.4 is 0 Å². The van der Waals surface area contributed by atoms with E-state index in [1.165, 1.54) is 7.11 Å². The average molecular weight is 229 g/mol. The molecular weight excluding hydrogens is 218 g/mol. The summed E-state index contributed by atoms with van der Waals surface area (Å²) in [6.45, 7) is 1.76. The third-order valence-corrected chi connectivity index (χ3v) is 2.27. The van der Waals surface area contributed by atoms with Crippen LogP contribution in [0.3, 0.4) is 0 Å². The third-order valence-electron chi connectivity index (χ3n) is 2.27. The van der Waals surface area contributed by atoms with Crippen molar-refractivity contribution >= 4 is 5.97 Å². The Morgan fingerprint density at radius 1 is 1.35 bits per heavy atom. The van der Waals surface area contributed by atoms with Crippen LogP contribution in [0.2, 0.25) is 0 Å². The first-order chi connectivity index (χ1) is 8.22. The molecule has 17 heavy (non-hydrogen) atoms. The summed E-state index contributed by atoms with van der Waals surface area (Å²) in [6.07, 6.45) is 4.91. The number of nitrogens with zero attached hydrogens (tertiary/aromatic N) is 3. The Kier molecular flexibility index (Phi) is 3.09. The lowest BCUT2D eigenvalue weighted by atomic mass is 10.2. The number of rotatable bonds is 2. The molecule has 2 aromatic heterocycles. The van der Waals surface area contributed by atoms with E-state index >= 15 is 0 Å². The number of hydrogen-bond donors (Lipinski definition) is 0.